The highest BCUT2D eigenvalue weighted by Crippen LogP contribution is 2.23. The fourth-order valence-corrected chi connectivity index (χ4v) is 3.06. The van der Waals surface area contributed by atoms with Gasteiger partial charge in [-0.2, -0.15) is 0 Å². The van der Waals surface area contributed by atoms with E-state index in [0.29, 0.717) is 12.4 Å². The molecule has 3 rings (SSSR count). The van der Waals surface area contributed by atoms with Gasteiger partial charge in [0, 0.05) is 25.6 Å². The van der Waals surface area contributed by atoms with E-state index in [1.54, 1.807) is 14.2 Å². The van der Waals surface area contributed by atoms with Crippen LogP contribution in [0.15, 0.2) is 83.9 Å². The van der Waals surface area contributed by atoms with E-state index >= 15 is 0 Å². The summed E-state index contributed by atoms with van der Waals surface area (Å²) in [6.45, 7) is 1.30. The number of benzene rings is 2. The maximum Gasteiger partial charge on any atom is 0.213 e. The van der Waals surface area contributed by atoms with Crippen LogP contribution in [0, 0.1) is 0 Å². The lowest BCUT2D eigenvalue weighted by Crippen LogP contribution is -2.39. The van der Waals surface area contributed by atoms with Crippen molar-refractivity contribution in [1.29, 1.82) is 0 Å². The second-order valence-electron chi connectivity index (χ2n) is 6.35. The van der Waals surface area contributed by atoms with Crippen LogP contribution < -0.4 is 15.4 Å². The Bertz CT molecular complexity index is 842. The van der Waals surface area contributed by atoms with Crippen molar-refractivity contribution in [2.75, 3.05) is 20.7 Å². The minimum absolute atomic E-state index is 0.232. The molecule has 5 nitrogen and oxygen atoms in total. The molecule has 0 bridgehead atoms. The Morgan fingerprint density at radius 3 is 2.11 bits per heavy atom. The number of hydrogen-bond donors (Lipinski definition) is 2. The molecule has 144 valence electrons. The lowest BCUT2D eigenvalue weighted by atomic mass is 9.91. The normalized spacial score (nSPS) is 11.3. The number of nitrogens with zero attached hydrogens (tertiary/aromatic N) is 2. The number of ether oxygens (including phenoxy) is 1. The van der Waals surface area contributed by atoms with Gasteiger partial charge in [0.25, 0.3) is 0 Å². The van der Waals surface area contributed by atoms with Gasteiger partial charge in [-0.05, 0) is 17.2 Å². The summed E-state index contributed by atoms with van der Waals surface area (Å²) in [6, 6.07) is 26.8. The maximum absolute atomic E-state index is 5.18. The summed E-state index contributed by atoms with van der Waals surface area (Å²) in [5, 5.41) is 6.76. The molecule has 1 heterocycles. The highest BCUT2D eigenvalue weighted by atomic mass is 16.5. The molecule has 0 aliphatic carbocycles. The zero-order valence-corrected chi connectivity index (χ0v) is 16.3. The second kappa shape index (κ2) is 10.1. The van der Waals surface area contributed by atoms with E-state index in [2.05, 4.69) is 69.1 Å². The molecule has 0 radical (unpaired) electrons. The molecule has 0 saturated heterocycles. The largest absolute Gasteiger partial charge is 0.481 e. The fraction of sp³-hybridized carbons (Fsp3) is 0.217. The first-order valence-corrected chi connectivity index (χ1v) is 9.34. The first-order chi connectivity index (χ1) is 13.8. The van der Waals surface area contributed by atoms with Crippen LogP contribution in [0.5, 0.6) is 5.88 Å². The summed E-state index contributed by atoms with van der Waals surface area (Å²) in [4.78, 5) is 8.76. The van der Waals surface area contributed by atoms with Gasteiger partial charge in [0.15, 0.2) is 5.96 Å². The predicted octanol–water partition coefficient (Wildman–Crippen LogP) is 3.59. The Labute approximate surface area is 166 Å². The first-order valence-electron chi connectivity index (χ1n) is 9.34. The van der Waals surface area contributed by atoms with Crippen LogP contribution in [0.25, 0.3) is 0 Å². The Morgan fingerprint density at radius 1 is 0.893 bits per heavy atom. The summed E-state index contributed by atoms with van der Waals surface area (Å²) in [6.07, 6.45) is 0. The van der Waals surface area contributed by atoms with Gasteiger partial charge in [0.1, 0.15) is 0 Å². The standard InChI is InChI=1S/C23H26N4O/c1-24-23(25-16-20-14-9-15-22(27-20)28-2)26-17-21(18-10-5-3-6-11-18)19-12-7-4-8-13-19/h3-15,21H,16-17H2,1-2H3,(H2,24,25,26). The third-order valence-corrected chi connectivity index (χ3v) is 4.53. The number of nitrogens with one attached hydrogen (secondary N) is 2. The summed E-state index contributed by atoms with van der Waals surface area (Å²) in [7, 11) is 3.39. The summed E-state index contributed by atoms with van der Waals surface area (Å²) in [5.41, 5.74) is 3.43. The zero-order valence-electron chi connectivity index (χ0n) is 16.3. The quantitative estimate of drug-likeness (QED) is 0.490. The molecule has 0 saturated carbocycles. The van der Waals surface area contributed by atoms with Crippen molar-refractivity contribution in [1.82, 2.24) is 15.6 Å². The number of aromatic nitrogens is 1. The van der Waals surface area contributed by atoms with Crippen molar-refractivity contribution in [3.63, 3.8) is 0 Å². The molecule has 28 heavy (non-hydrogen) atoms. The van der Waals surface area contributed by atoms with Crippen molar-refractivity contribution < 1.29 is 4.74 Å². The average Bonchev–Trinajstić information content (AvgIpc) is 2.77. The van der Waals surface area contributed by atoms with Crippen molar-refractivity contribution in [3.05, 3.63) is 95.7 Å². The van der Waals surface area contributed by atoms with E-state index in [0.717, 1.165) is 18.2 Å². The SMILES string of the molecule is CN=C(NCc1cccc(OC)n1)NCC(c1ccccc1)c1ccccc1. The Morgan fingerprint density at radius 2 is 1.54 bits per heavy atom. The first kappa shape index (κ1) is 19.4. The molecule has 2 aromatic carbocycles. The van der Waals surface area contributed by atoms with E-state index in [-0.39, 0.29) is 5.92 Å². The Kier molecular flexibility index (Phi) is 7.01. The summed E-state index contributed by atoms with van der Waals surface area (Å²) in [5.74, 6) is 1.58. The molecule has 5 heteroatoms. The number of pyridine rings is 1. The molecule has 0 spiro atoms. The van der Waals surface area contributed by atoms with E-state index in [9.17, 15) is 0 Å². The van der Waals surface area contributed by atoms with Crippen LogP contribution in [0.1, 0.15) is 22.7 Å². The van der Waals surface area contributed by atoms with Crippen LogP contribution >= 0.6 is 0 Å². The van der Waals surface area contributed by atoms with E-state index in [4.69, 9.17) is 4.74 Å². The van der Waals surface area contributed by atoms with Crippen LogP contribution in [0.3, 0.4) is 0 Å². The molecule has 0 unspecified atom stereocenters. The molecule has 0 amide bonds. The van der Waals surface area contributed by atoms with E-state index in [1.165, 1.54) is 11.1 Å². The van der Waals surface area contributed by atoms with Crippen molar-refractivity contribution >= 4 is 5.96 Å². The summed E-state index contributed by atoms with van der Waals surface area (Å²) < 4.78 is 5.18. The van der Waals surface area contributed by atoms with Crippen LogP contribution in [-0.2, 0) is 6.54 Å². The minimum Gasteiger partial charge on any atom is -0.481 e. The van der Waals surface area contributed by atoms with E-state index < -0.39 is 0 Å². The lowest BCUT2D eigenvalue weighted by molar-refractivity contribution is 0.396. The van der Waals surface area contributed by atoms with Gasteiger partial charge in [-0.15, -0.1) is 0 Å². The molecule has 3 aromatic rings. The Hall–Kier alpha value is -3.34. The van der Waals surface area contributed by atoms with Crippen LogP contribution in [0.4, 0.5) is 0 Å². The molecule has 0 aliphatic rings. The van der Waals surface area contributed by atoms with Gasteiger partial charge in [-0.3, -0.25) is 4.99 Å². The highest BCUT2D eigenvalue weighted by Gasteiger charge is 2.14. The van der Waals surface area contributed by atoms with Gasteiger partial charge in [0.05, 0.1) is 19.3 Å². The molecule has 2 N–H and O–H groups in total. The van der Waals surface area contributed by atoms with E-state index in [1.807, 2.05) is 30.3 Å². The van der Waals surface area contributed by atoms with Crippen molar-refractivity contribution in [3.8, 4) is 5.88 Å². The third-order valence-electron chi connectivity index (χ3n) is 4.53. The molecule has 0 aliphatic heterocycles. The number of aliphatic imine (C=N–C) groups is 1. The average molecular weight is 374 g/mol. The van der Waals surface area contributed by atoms with Gasteiger partial charge in [-0.1, -0.05) is 66.7 Å². The number of methoxy groups -OCH3 is 1. The maximum atomic E-state index is 5.18. The smallest absolute Gasteiger partial charge is 0.213 e. The predicted molar refractivity (Wildman–Crippen MR) is 114 cm³/mol. The zero-order chi connectivity index (χ0) is 19.6. The van der Waals surface area contributed by atoms with Gasteiger partial charge < -0.3 is 15.4 Å². The topological polar surface area (TPSA) is 58.5 Å². The number of rotatable bonds is 7. The second-order valence-corrected chi connectivity index (χ2v) is 6.35. The Balaban J connectivity index is 1.66. The van der Waals surface area contributed by atoms with Crippen LogP contribution in [0.2, 0.25) is 0 Å². The number of guanidine groups is 1. The van der Waals surface area contributed by atoms with Crippen molar-refractivity contribution in [2.45, 2.75) is 12.5 Å². The molecule has 1 aromatic heterocycles. The third kappa shape index (κ3) is 5.33. The lowest BCUT2D eigenvalue weighted by Gasteiger charge is -2.20. The van der Waals surface area contributed by atoms with Crippen molar-refractivity contribution in [2.24, 2.45) is 4.99 Å². The minimum atomic E-state index is 0.232. The van der Waals surface area contributed by atoms with Gasteiger partial charge >= 0.3 is 0 Å². The molecular weight excluding hydrogens is 348 g/mol. The fourth-order valence-electron chi connectivity index (χ4n) is 3.06. The molecule has 0 atom stereocenters. The highest BCUT2D eigenvalue weighted by molar-refractivity contribution is 5.79. The molecular formula is C23H26N4O. The number of hydrogen-bond acceptors (Lipinski definition) is 3. The monoisotopic (exact) mass is 374 g/mol. The summed E-state index contributed by atoms with van der Waals surface area (Å²) >= 11 is 0. The van der Waals surface area contributed by atoms with Gasteiger partial charge in [-0.25, -0.2) is 4.98 Å². The van der Waals surface area contributed by atoms with Crippen LogP contribution in [-0.4, -0.2) is 31.6 Å². The van der Waals surface area contributed by atoms with Gasteiger partial charge in [0.2, 0.25) is 5.88 Å². The molecule has 0 fully saturated rings.